The Morgan fingerprint density at radius 1 is 1.69 bits per heavy atom. The molecule has 1 fully saturated rings. The van der Waals surface area contributed by atoms with Gasteiger partial charge in [0.15, 0.2) is 5.75 Å². The maximum absolute atomic E-state index is 11.5. The van der Waals surface area contributed by atoms with Crippen LogP contribution in [-0.2, 0) is 10.0 Å². The number of nitrogens with zero attached hydrogens (tertiary/aromatic N) is 2. The molecule has 0 saturated carbocycles. The first-order valence-corrected chi connectivity index (χ1v) is 5.76. The van der Waals surface area contributed by atoms with Crippen LogP contribution in [-0.4, -0.2) is 44.2 Å². The molecule has 0 aromatic carbocycles. The van der Waals surface area contributed by atoms with Crippen molar-refractivity contribution in [2.24, 2.45) is 0 Å². The van der Waals surface area contributed by atoms with Crippen LogP contribution in [0.4, 0.5) is 0 Å². The zero-order valence-corrected chi connectivity index (χ0v) is 8.34. The van der Waals surface area contributed by atoms with Crippen LogP contribution in [0.2, 0.25) is 0 Å². The van der Waals surface area contributed by atoms with E-state index in [1.54, 1.807) is 6.07 Å². The van der Waals surface area contributed by atoms with Gasteiger partial charge in [-0.05, 0) is 6.92 Å². The maximum Gasteiger partial charge on any atom is 0.227 e. The zero-order valence-electron chi connectivity index (χ0n) is 7.52. The van der Waals surface area contributed by atoms with Crippen molar-refractivity contribution >= 4 is 10.0 Å². The van der Waals surface area contributed by atoms with Crippen molar-refractivity contribution < 1.29 is 8.42 Å². The predicted octanol–water partition coefficient (Wildman–Crippen LogP) is -0.867. The summed E-state index contributed by atoms with van der Waals surface area (Å²) in [4.78, 5) is 0. The highest BCUT2D eigenvalue weighted by molar-refractivity contribution is 7.89. The molecule has 1 rings (SSSR count). The molecule has 1 N–H and O–H groups in total. The van der Waals surface area contributed by atoms with E-state index in [1.165, 1.54) is 4.31 Å². The molecular formula is C7H13N3O2S. The van der Waals surface area contributed by atoms with Crippen LogP contribution in [0.1, 0.15) is 6.92 Å². The summed E-state index contributed by atoms with van der Waals surface area (Å²) in [5, 5.41) is 11.4. The molecule has 1 aliphatic heterocycles. The molecule has 5 nitrogen and oxygen atoms in total. The Morgan fingerprint density at radius 2 is 2.38 bits per heavy atom. The molecule has 0 radical (unpaired) electrons. The van der Waals surface area contributed by atoms with Gasteiger partial charge in [0.25, 0.3) is 0 Å². The maximum atomic E-state index is 11.5. The summed E-state index contributed by atoms with van der Waals surface area (Å²) < 4.78 is 24.3. The minimum absolute atomic E-state index is 0.0490. The third-order valence-corrected chi connectivity index (χ3v) is 3.80. The molecule has 1 saturated heterocycles. The second-order valence-corrected chi connectivity index (χ2v) is 5.00. The Kier molecular flexibility index (Phi) is 3.25. The Bertz CT molecular complexity index is 306. The van der Waals surface area contributed by atoms with Crippen LogP contribution in [0.25, 0.3) is 0 Å². The molecule has 1 atom stereocenters. The van der Waals surface area contributed by atoms with Gasteiger partial charge in [-0.2, -0.15) is 9.57 Å². The molecule has 0 spiro atoms. The standard InChI is InChI=1S/C7H13N3O2S/c1-7-6-9-3-4-10(7)13(11,12)5-2-8/h7,9H,3-6H2,1H3/t7-/m1/s1. The Balaban J connectivity index is 2.75. The van der Waals surface area contributed by atoms with E-state index in [0.717, 1.165) is 0 Å². The lowest BCUT2D eigenvalue weighted by atomic mass is 10.3. The van der Waals surface area contributed by atoms with E-state index in [-0.39, 0.29) is 6.04 Å². The second-order valence-electron chi connectivity index (χ2n) is 3.08. The van der Waals surface area contributed by atoms with Gasteiger partial charge < -0.3 is 5.32 Å². The molecule has 0 bridgehead atoms. The van der Waals surface area contributed by atoms with E-state index in [4.69, 9.17) is 5.26 Å². The summed E-state index contributed by atoms with van der Waals surface area (Å²) in [6.45, 7) is 3.62. The van der Waals surface area contributed by atoms with E-state index in [9.17, 15) is 8.42 Å². The van der Waals surface area contributed by atoms with Gasteiger partial charge in [-0.3, -0.25) is 0 Å². The number of sulfonamides is 1. The Labute approximate surface area is 78.4 Å². The highest BCUT2D eigenvalue weighted by Gasteiger charge is 2.28. The Morgan fingerprint density at radius 3 is 2.92 bits per heavy atom. The predicted molar refractivity (Wildman–Crippen MR) is 48.4 cm³/mol. The third-order valence-electron chi connectivity index (χ3n) is 2.04. The van der Waals surface area contributed by atoms with Crippen molar-refractivity contribution in [2.75, 3.05) is 25.4 Å². The van der Waals surface area contributed by atoms with Crippen molar-refractivity contribution in [1.82, 2.24) is 9.62 Å². The van der Waals surface area contributed by atoms with Crippen LogP contribution < -0.4 is 5.32 Å². The molecule has 74 valence electrons. The van der Waals surface area contributed by atoms with Crippen molar-refractivity contribution in [3.8, 4) is 6.07 Å². The lowest BCUT2D eigenvalue weighted by Crippen LogP contribution is -2.52. The molecule has 0 unspecified atom stereocenters. The lowest BCUT2D eigenvalue weighted by Gasteiger charge is -2.32. The summed E-state index contributed by atoms with van der Waals surface area (Å²) >= 11 is 0. The van der Waals surface area contributed by atoms with Crippen LogP contribution >= 0.6 is 0 Å². The van der Waals surface area contributed by atoms with Crippen molar-refractivity contribution in [2.45, 2.75) is 13.0 Å². The number of rotatable bonds is 2. The minimum Gasteiger partial charge on any atom is -0.314 e. The molecule has 0 aliphatic carbocycles. The molecule has 6 heteroatoms. The largest absolute Gasteiger partial charge is 0.314 e. The van der Waals surface area contributed by atoms with Crippen molar-refractivity contribution in [3.05, 3.63) is 0 Å². The fourth-order valence-electron chi connectivity index (χ4n) is 1.40. The second kappa shape index (κ2) is 4.05. The van der Waals surface area contributed by atoms with Gasteiger partial charge in [0.2, 0.25) is 10.0 Å². The highest BCUT2D eigenvalue weighted by atomic mass is 32.2. The molecule has 0 amide bonds. The number of piperazine rings is 1. The molecule has 1 heterocycles. The zero-order chi connectivity index (χ0) is 9.90. The third kappa shape index (κ3) is 2.40. The SMILES string of the molecule is C[C@@H]1CNCCN1S(=O)(=O)CC#N. The quantitative estimate of drug-likeness (QED) is 0.633. The van der Waals surface area contributed by atoms with E-state index < -0.39 is 15.8 Å². The van der Waals surface area contributed by atoms with Gasteiger partial charge in [-0.1, -0.05) is 0 Å². The summed E-state index contributed by atoms with van der Waals surface area (Å²) in [6.07, 6.45) is 0. The van der Waals surface area contributed by atoms with Crippen LogP contribution in [0, 0.1) is 11.3 Å². The first kappa shape index (κ1) is 10.4. The monoisotopic (exact) mass is 203 g/mol. The van der Waals surface area contributed by atoms with Gasteiger partial charge in [-0.25, -0.2) is 8.42 Å². The normalized spacial score (nSPS) is 25.4. The average molecular weight is 203 g/mol. The van der Waals surface area contributed by atoms with E-state index in [1.807, 2.05) is 6.92 Å². The Hall–Kier alpha value is -0.640. The molecule has 0 aromatic rings. The van der Waals surface area contributed by atoms with E-state index in [2.05, 4.69) is 5.32 Å². The number of nitrogens with one attached hydrogen (secondary N) is 1. The summed E-state index contributed by atoms with van der Waals surface area (Å²) in [7, 11) is -3.35. The highest BCUT2D eigenvalue weighted by Crippen LogP contribution is 2.09. The van der Waals surface area contributed by atoms with E-state index in [0.29, 0.717) is 19.6 Å². The van der Waals surface area contributed by atoms with Crippen molar-refractivity contribution in [3.63, 3.8) is 0 Å². The van der Waals surface area contributed by atoms with Crippen LogP contribution in [0.15, 0.2) is 0 Å². The topological polar surface area (TPSA) is 73.2 Å². The fourth-order valence-corrected chi connectivity index (χ4v) is 2.72. The average Bonchev–Trinajstić information content (AvgIpc) is 2.04. The first-order chi connectivity index (χ1) is 6.08. The summed E-state index contributed by atoms with van der Waals surface area (Å²) in [5.41, 5.74) is 0. The summed E-state index contributed by atoms with van der Waals surface area (Å²) in [6, 6.07) is 1.63. The minimum atomic E-state index is -3.35. The number of nitriles is 1. The number of hydrogen-bond acceptors (Lipinski definition) is 4. The van der Waals surface area contributed by atoms with Crippen LogP contribution in [0.5, 0.6) is 0 Å². The molecule has 1 aliphatic rings. The smallest absolute Gasteiger partial charge is 0.227 e. The number of hydrogen-bond donors (Lipinski definition) is 1. The van der Waals surface area contributed by atoms with Crippen molar-refractivity contribution in [1.29, 1.82) is 5.26 Å². The van der Waals surface area contributed by atoms with E-state index >= 15 is 0 Å². The van der Waals surface area contributed by atoms with Crippen LogP contribution in [0.3, 0.4) is 0 Å². The molecule has 13 heavy (non-hydrogen) atoms. The van der Waals surface area contributed by atoms with Gasteiger partial charge >= 0.3 is 0 Å². The van der Waals surface area contributed by atoms with Gasteiger partial charge in [0, 0.05) is 25.7 Å². The van der Waals surface area contributed by atoms with Gasteiger partial charge in [-0.15, -0.1) is 0 Å². The molecular weight excluding hydrogens is 190 g/mol. The van der Waals surface area contributed by atoms with Gasteiger partial charge in [0.05, 0.1) is 6.07 Å². The lowest BCUT2D eigenvalue weighted by molar-refractivity contribution is 0.285. The summed E-state index contributed by atoms with van der Waals surface area (Å²) in [5.74, 6) is -0.419. The molecule has 0 aromatic heterocycles. The fraction of sp³-hybridized carbons (Fsp3) is 0.857. The van der Waals surface area contributed by atoms with Gasteiger partial charge in [0.1, 0.15) is 0 Å². The first-order valence-electron chi connectivity index (χ1n) is 4.15.